The van der Waals surface area contributed by atoms with Gasteiger partial charge in [-0.25, -0.2) is 4.39 Å². The Kier molecular flexibility index (Phi) is 5.50. The van der Waals surface area contributed by atoms with Crippen LogP contribution in [0.2, 0.25) is 0 Å². The van der Waals surface area contributed by atoms with E-state index >= 15 is 0 Å². The van der Waals surface area contributed by atoms with Gasteiger partial charge in [-0.2, -0.15) is 0 Å². The van der Waals surface area contributed by atoms with Crippen molar-refractivity contribution in [2.75, 3.05) is 6.54 Å². The molecule has 1 atom stereocenters. The van der Waals surface area contributed by atoms with E-state index in [-0.39, 0.29) is 28.9 Å². The second-order valence-corrected chi connectivity index (χ2v) is 7.79. The summed E-state index contributed by atoms with van der Waals surface area (Å²) in [6.45, 7) is -0.548. The molecular formula is C22H20FN3O5. The highest BCUT2D eigenvalue weighted by molar-refractivity contribution is 6.24. The zero-order valence-electron chi connectivity index (χ0n) is 16.5. The van der Waals surface area contributed by atoms with Gasteiger partial charge in [-0.3, -0.25) is 29.4 Å². The summed E-state index contributed by atoms with van der Waals surface area (Å²) in [7, 11) is 0. The van der Waals surface area contributed by atoms with Crippen LogP contribution in [-0.4, -0.2) is 34.1 Å². The number of nitrogens with one attached hydrogen (secondary N) is 1. The summed E-state index contributed by atoms with van der Waals surface area (Å²) in [5.74, 6) is -2.37. The van der Waals surface area contributed by atoms with Gasteiger partial charge >= 0.3 is 0 Å². The van der Waals surface area contributed by atoms with Crippen LogP contribution in [-0.2, 0) is 4.79 Å². The molecule has 0 bridgehead atoms. The van der Waals surface area contributed by atoms with E-state index in [2.05, 4.69) is 5.32 Å². The molecule has 1 heterocycles. The highest BCUT2D eigenvalue weighted by Gasteiger charge is 2.42. The van der Waals surface area contributed by atoms with Gasteiger partial charge in [0.05, 0.1) is 16.5 Å². The van der Waals surface area contributed by atoms with E-state index in [1.165, 1.54) is 24.3 Å². The number of amides is 3. The summed E-state index contributed by atoms with van der Waals surface area (Å²) in [6.07, 6.45) is 3.86. The summed E-state index contributed by atoms with van der Waals surface area (Å²) in [5, 5.41) is 14.1. The minimum Gasteiger partial charge on any atom is -0.347 e. The highest BCUT2D eigenvalue weighted by atomic mass is 19.1. The fourth-order valence-corrected chi connectivity index (χ4v) is 4.41. The SMILES string of the molecule is O=C(CN1C(=O)c2cccc([N+](=O)[O-])c2C1=O)NC(c1ccc(F)cc1)C1CCCC1. The van der Waals surface area contributed by atoms with E-state index in [0.717, 1.165) is 42.2 Å². The van der Waals surface area contributed by atoms with Gasteiger partial charge in [-0.1, -0.05) is 31.0 Å². The van der Waals surface area contributed by atoms with E-state index in [1.54, 1.807) is 12.1 Å². The second-order valence-electron chi connectivity index (χ2n) is 7.79. The highest BCUT2D eigenvalue weighted by Crippen LogP contribution is 2.36. The van der Waals surface area contributed by atoms with Crippen LogP contribution in [0.25, 0.3) is 0 Å². The molecule has 2 aromatic rings. The van der Waals surface area contributed by atoms with E-state index in [1.807, 2.05) is 0 Å². The van der Waals surface area contributed by atoms with Crippen LogP contribution >= 0.6 is 0 Å². The van der Waals surface area contributed by atoms with Crippen LogP contribution < -0.4 is 5.32 Å². The molecule has 1 fully saturated rings. The fraction of sp³-hybridized carbons (Fsp3) is 0.318. The van der Waals surface area contributed by atoms with E-state index in [9.17, 15) is 28.9 Å². The monoisotopic (exact) mass is 425 g/mol. The Hall–Kier alpha value is -3.62. The molecule has 4 rings (SSSR count). The fourth-order valence-electron chi connectivity index (χ4n) is 4.41. The van der Waals surface area contributed by atoms with Crippen LogP contribution in [0.4, 0.5) is 10.1 Å². The lowest BCUT2D eigenvalue weighted by Crippen LogP contribution is -2.42. The normalized spacial score (nSPS) is 17.0. The number of carbonyl (C=O) groups is 3. The molecule has 3 amide bonds. The average molecular weight is 425 g/mol. The Morgan fingerprint density at radius 3 is 2.45 bits per heavy atom. The molecule has 2 aromatic carbocycles. The lowest BCUT2D eigenvalue weighted by atomic mass is 9.91. The van der Waals surface area contributed by atoms with Gasteiger partial charge in [0.2, 0.25) is 5.91 Å². The summed E-state index contributed by atoms with van der Waals surface area (Å²) in [6, 6.07) is 9.32. The van der Waals surface area contributed by atoms with Crippen LogP contribution in [0, 0.1) is 21.8 Å². The van der Waals surface area contributed by atoms with Crippen molar-refractivity contribution in [1.29, 1.82) is 0 Å². The molecule has 8 nitrogen and oxygen atoms in total. The number of carbonyl (C=O) groups excluding carboxylic acids is 3. The maximum atomic E-state index is 13.3. The van der Waals surface area contributed by atoms with Crippen molar-refractivity contribution in [2.24, 2.45) is 5.92 Å². The molecule has 1 N–H and O–H groups in total. The number of imide groups is 1. The molecule has 0 radical (unpaired) electrons. The first kappa shape index (κ1) is 20.6. The second kappa shape index (κ2) is 8.25. The Morgan fingerprint density at radius 1 is 1.13 bits per heavy atom. The molecule has 1 aliphatic heterocycles. The first-order chi connectivity index (χ1) is 14.9. The Balaban J connectivity index is 1.53. The molecule has 1 aliphatic carbocycles. The van der Waals surface area contributed by atoms with Gasteiger partial charge in [0.25, 0.3) is 17.5 Å². The van der Waals surface area contributed by atoms with Gasteiger partial charge in [0.15, 0.2) is 0 Å². The number of hydrogen-bond donors (Lipinski definition) is 1. The average Bonchev–Trinajstić information content (AvgIpc) is 3.36. The number of nitro benzene ring substituents is 1. The Bertz CT molecular complexity index is 1060. The van der Waals surface area contributed by atoms with Crippen molar-refractivity contribution in [2.45, 2.75) is 31.7 Å². The van der Waals surface area contributed by atoms with Crippen LogP contribution in [0.3, 0.4) is 0 Å². The maximum Gasteiger partial charge on any atom is 0.282 e. The van der Waals surface area contributed by atoms with Crippen LogP contribution in [0.5, 0.6) is 0 Å². The number of fused-ring (bicyclic) bond motifs is 1. The molecule has 9 heteroatoms. The van der Waals surface area contributed by atoms with Crippen molar-refractivity contribution in [3.63, 3.8) is 0 Å². The predicted octanol–water partition coefficient (Wildman–Crippen LogP) is 3.38. The molecule has 1 saturated carbocycles. The van der Waals surface area contributed by atoms with Crippen molar-refractivity contribution in [3.05, 3.63) is 75.1 Å². The van der Waals surface area contributed by atoms with Crippen molar-refractivity contribution in [3.8, 4) is 0 Å². The number of benzene rings is 2. The van der Waals surface area contributed by atoms with Crippen LogP contribution in [0.15, 0.2) is 42.5 Å². The lowest BCUT2D eigenvalue weighted by molar-refractivity contribution is -0.385. The van der Waals surface area contributed by atoms with Crippen LogP contribution in [0.1, 0.15) is 58.0 Å². The number of hydrogen-bond acceptors (Lipinski definition) is 5. The molecule has 160 valence electrons. The van der Waals surface area contributed by atoms with Crippen molar-refractivity contribution < 1.29 is 23.7 Å². The zero-order chi connectivity index (χ0) is 22.1. The summed E-state index contributed by atoms with van der Waals surface area (Å²) in [4.78, 5) is 49.4. The lowest BCUT2D eigenvalue weighted by Gasteiger charge is -2.26. The predicted molar refractivity (Wildman–Crippen MR) is 108 cm³/mol. The summed E-state index contributed by atoms with van der Waals surface area (Å²) >= 11 is 0. The molecule has 31 heavy (non-hydrogen) atoms. The summed E-state index contributed by atoms with van der Waals surface area (Å²) in [5.41, 5.74) is -0.0948. The first-order valence-corrected chi connectivity index (χ1v) is 10.0. The van der Waals surface area contributed by atoms with Gasteiger partial charge in [-0.05, 0) is 42.5 Å². The smallest absolute Gasteiger partial charge is 0.282 e. The minimum absolute atomic E-state index is 0.0853. The quantitative estimate of drug-likeness (QED) is 0.433. The minimum atomic E-state index is -0.860. The third-order valence-corrected chi connectivity index (χ3v) is 5.89. The molecule has 0 aromatic heterocycles. The van der Waals surface area contributed by atoms with E-state index < -0.39 is 34.9 Å². The molecule has 0 spiro atoms. The summed E-state index contributed by atoms with van der Waals surface area (Å²) < 4.78 is 13.3. The Labute approximate surface area is 177 Å². The standard InChI is InChI=1S/C22H20FN3O5/c23-15-10-8-14(9-11-15)20(13-4-1-2-5-13)24-18(27)12-25-21(28)16-6-3-7-17(26(30)31)19(16)22(25)29/h3,6-11,13,20H,1-2,4-5,12H2,(H,24,27). The molecular weight excluding hydrogens is 405 g/mol. The van der Waals surface area contributed by atoms with E-state index in [0.29, 0.717) is 0 Å². The third kappa shape index (κ3) is 3.90. The van der Waals surface area contributed by atoms with Crippen molar-refractivity contribution >= 4 is 23.4 Å². The van der Waals surface area contributed by atoms with Gasteiger partial charge in [-0.15, -0.1) is 0 Å². The zero-order valence-corrected chi connectivity index (χ0v) is 16.5. The number of rotatable bonds is 6. The number of nitro groups is 1. The maximum absolute atomic E-state index is 13.3. The first-order valence-electron chi connectivity index (χ1n) is 10.0. The van der Waals surface area contributed by atoms with Gasteiger partial charge < -0.3 is 5.32 Å². The molecule has 0 saturated heterocycles. The number of halogens is 1. The molecule has 2 aliphatic rings. The van der Waals surface area contributed by atoms with Crippen molar-refractivity contribution in [1.82, 2.24) is 10.2 Å². The van der Waals surface area contributed by atoms with Gasteiger partial charge in [0, 0.05) is 6.07 Å². The molecule has 1 unspecified atom stereocenters. The van der Waals surface area contributed by atoms with E-state index in [4.69, 9.17) is 0 Å². The topological polar surface area (TPSA) is 110 Å². The number of nitrogens with zero attached hydrogens (tertiary/aromatic N) is 2. The Morgan fingerprint density at radius 2 is 1.81 bits per heavy atom. The largest absolute Gasteiger partial charge is 0.347 e. The van der Waals surface area contributed by atoms with Gasteiger partial charge in [0.1, 0.15) is 17.9 Å². The third-order valence-electron chi connectivity index (χ3n) is 5.89.